The second-order valence-corrected chi connectivity index (χ2v) is 4.87. The van der Waals surface area contributed by atoms with Crippen molar-refractivity contribution in [2.45, 2.75) is 13.3 Å². The molecule has 0 aliphatic carbocycles. The van der Waals surface area contributed by atoms with E-state index in [0.29, 0.717) is 0 Å². The fraction of sp³-hybridized carbons (Fsp3) is 0.308. The molecule has 0 spiro atoms. The van der Waals surface area contributed by atoms with E-state index in [9.17, 15) is 0 Å². The molecule has 1 aromatic carbocycles. The molecule has 84 valence electrons. The highest BCUT2D eigenvalue weighted by Crippen LogP contribution is 2.30. The summed E-state index contributed by atoms with van der Waals surface area (Å²) in [6.45, 7) is 2.13. The zero-order chi connectivity index (χ0) is 11.7. The van der Waals surface area contributed by atoms with E-state index in [1.807, 2.05) is 12.1 Å². The maximum Gasteiger partial charge on any atom is 0.0868 e. The van der Waals surface area contributed by atoms with Crippen molar-refractivity contribution in [2.24, 2.45) is 0 Å². The van der Waals surface area contributed by atoms with Crippen molar-refractivity contribution in [3.05, 3.63) is 34.4 Å². The number of fused-ring (bicyclic) bond motifs is 1. The molecule has 0 amide bonds. The number of aromatic nitrogens is 1. The Hall–Kier alpha value is -1.09. The topological polar surface area (TPSA) is 16.1 Å². The van der Waals surface area contributed by atoms with Gasteiger partial charge in [0.25, 0.3) is 0 Å². The predicted octanol–water partition coefficient (Wildman–Crippen LogP) is 3.63. The molecule has 0 bridgehead atoms. The van der Waals surface area contributed by atoms with Gasteiger partial charge in [0.05, 0.1) is 5.52 Å². The number of halogens is 1. The lowest BCUT2D eigenvalue weighted by molar-refractivity contribution is 1.04. The van der Waals surface area contributed by atoms with Gasteiger partial charge in [0.1, 0.15) is 0 Å². The van der Waals surface area contributed by atoms with E-state index in [1.54, 1.807) is 0 Å². The fourth-order valence-corrected chi connectivity index (χ4v) is 2.25. The van der Waals surface area contributed by atoms with Crippen LogP contribution in [0, 0.1) is 0 Å². The SMILES string of the molecule is CCc1cc(N(C)C)c2cccc(Br)c2n1. The number of pyridine rings is 1. The highest BCUT2D eigenvalue weighted by Gasteiger charge is 2.08. The van der Waals surface area contributed by atoms with Crippen LogP contribution in [-0.4, -0.2) is 19.1 Å². The lowest BCUT2D eigenvalue weighted by Crippen LogP contribution is -2.10. The van der Waals surface area contributed by atoms with Gasteiger partial charge in [-0.3, -0.25) is 4.98 Å². The molecule has 0 radical (unpaired) electrons. The van der Waals surface area contributed by atoms with Gasteiger partial charge in [0.15, 0.2) is 0 Å². The quantitative estimate of drug-likeness (QED) is 0.834. The molecule has 0 saturated heterocycles. The van der Waals surface area contributed by atoms with Crippen LogP contribution in [0.3, 0.4) is 0 Å². The van der Waals surface area contributed by atoms with Gasteiger partial charge in [-0.05, 0) is 34.5 Å². The highest BCUT2D eigenvalue weighted by atomic mass is 79.9. The second-order valence-electron chi connectivity index (χ2n) is 4.02. The number of hydrogen-bond donors (Lipinski definition) is 0. The van der Waals surface area contributed by atoms with Gasteiger partial charge in [-0.25, -0.2) is 0 Å². The zero-order valence-electron chi connectivity index (χ0n) is 9.79. The van der Waals surface area contributed by atoms with Crippen molar-refractivity contribution in [1.82, 2.24) is 4.98 Å². The molecule has 0 aliphatic rings. The van der Waals surface area contributed by atoms with E-state index in [2.05, 4.69) is 59.0 Å². The lowest BCUT2D eigenvalue weighted by Gasteiger charge is -2.17. The standard InChI is InChI=1S/C13H15BrN2/c1-4-9-8-12(16(2)3)10-6-5-7-11(14)13(10)15-9/h5-8H,4H2,1-3H3. The number of nitrogens with zero attached hydrogens (tertiary/aromatic N) is 2. The van der Waals surface area contributed by atoms with E-state index >= 15 is 0 Å². The summed E-state index contributed by atoms with van der Waals surface area (Å²) in [6, 6.07) is 8.36. The van der Waals surface area contributed by atoms with Crippen molar-refractivity contribution in [3.8, 4) is 0 Å². The summed E-state index contributed by atoms with van der Waals surface area (Å²) in [5.41, 5.74) is 3.40. The Kier molecular flexibility index (Phi) is 3.15. The van der Waals surface area contributed by atoms with Crippen LogP contribution in [-0.2, 0) is 6.42 Å². The van der Waals surface area contributed by atoms with Crippen molar-refractivity contribution in [1.29, 1.82) is 0 Å². The largest absolute Gasteiger partial charge is 0.377 e. The molecule has 1 heterocycles. The second kappa shape index (κ2) is 4.42. The van der Waals surface area contributed by atoms with Crippen LogP contribution in [0.5, 0.6) is 0 Å². The minimum absolute atomic E-state index is 0.956. The molecule has 1 aromatic heterocycles. The summed E-state index contributed by atoms with van der Waals surface area (Å²) in [7, 11) is 4.13. The van der Waals surface area contributed by atoms with Crippen LogP contribution < -0.4 is 4.90 Å². The van der Waals surface area contributed by atoms with E-state index < -0.39 is 0 Å². The van der Waals surface area contributed by atoms with E-state index in [-0.39, 0.29) is 0 Å². The summed E-state index contributed by atoms with van der Waals surface area (Å²) < 4.78 is 1.06. The third kappa shape index (κ3) is 1.92. The first-order valence-corrected chi connectivity index (χ1v) is 6.18. The molecule has 2 rings (SSSR count). The molecular weight excluding hydrogens is 264 g/mol. The maximum atomic E-state index is 4.66. The molecule has 0 aliphatic heterocycles. The maximum absolute atomic E-state index is 4.66. The Bertz CT molecular complexity index is 521. The lowest BCUT2D eigenvalue weighted by atomic mass is 10.1. The van der Waals surface area contributed by atoms with E-state index in [0.717, 1.165) is 22.1 Å². The van der Waals surface area contributed by atoms with Crippen LogP contribution in [0.4, 0.5) is 5.69 Å². The molecule has 0 fully saturated rings. The van der Waals surface area contributed by atoms with Crippen LogP contribution in [0.1, 0.15) is 12.6 Å². The Labute approximate surface area is 104 Å². The van der Waals surface area contributed by atoms with Crippen LogP contribution >= 0.6 is 15.9 Å². The zero-order valence-corrected chi connectivity index (χ0v) is 11.4. The minimum atomic E-state index is 0.956. The average Bonchev–Trinajstić information content (AvgIpc) is 2.28. The van der Waals surface area contributed by atoms with Gasteiger partial charge < -0.3 is 4.90 Å². The Morgan fingerprint density at radius 3 is 2.69 bits per heavy atom. The molecule has 3 heteroatoms. The summed E-state index contributed by atoms with van der Waals surface area (Å²) in [4.78, 5) is 6.80. The van der Waals surface area contributed by atoms with Gasteiger partial charge in [-0.2, -0.15) is 0 Å². The number of para-hydroxylation sites is 1. The van der Waals surface area contributed by atoms with Crippen LogP contribution in [0.2, 0.25) is 0 Å². The predicted molar refractivity (Wildman–Crippen MR) is 73.1 cm³/mol. The van der Waals surface area contributed by atoms with Gasteiger partial charge in [-0.1, -0.05) is 19.1 Å². The van der Waals surface area contributed by atoms with Crippen LogP contribution in [0.25, 0.3) is 10.9 Å². The van der Waals surface area contributed by atoms with E-state index in [4.69, 9.17) is 0 Å². The first-order valence-electron chi connectivity index (χ1n) is 5.39. The van der Waals surface area contributed by atoms with Gasteiger partial charge in [-0.15, -0.1) is 0 Å². The Morgan fingerprint density at radius 2 is 2.06 bits per heavy atom. The molecule has 0 unspecified atom stereocenters. The number of rotatable bonds is 2. The number of anilines is 1. The first-order chi connectivity index (χ1) is 7.63. The number of aryl methyl sites for hydroxylation is 1. The average molecular weight is 279 g/mol. The Balaban J connectivity index is 2.82. The smallest absolute Gasteiger partial charge is 0.0868 e. The molecule has 0 N–H and O–H groups in total. The first kappa shape index (κ1) is 11.4. The van der Waals surface area contributed by atoms with Gasteiger partial charge in [0, 0.05) is 35.3 Å². The molecular formula is C13H15BrN2. The molecule has 0 atom stereocenters. The van der Waals surface area contributed by atoms with Crippen molar-refractivity contribution >= 4 is 32.5 Å². The van der Waals surface area contributed by atoms with Gasteiger partial charge >= 0.3 is 0 Å². The molecule has 2 aromatic rings. The van der Waals surface area contributed by atoms with Crippen molar-refractivity contribution in [3.63, 3.8) is 0 Å². The minimum Gasteiger partial charge on any atom is -0.377 e. The summed E-state index contributed by atoms with van der Waals surface area (Å²) in [6.07, 6.45) is 0.956. The monoisotopic (exact) mass is 278 g/mol. The third-order valence-corrected chi connectivity index (χ3v) is 3.31. The third-order valence-electron chi connectivity index (χ3n) is 2.67. The molecule has 16 heavy (non-hydrogen) atoms. The van der Waals surface area contributed by atoms with E-state index in [1.165, 1.54) is 11.1 Å². The Morgan fingerprint density at radius 1 is 1.31 bits per heavy atom. The van der Waals surface area contributed by atoms with Crippen molar-refractivity contribution in [2.75, 3.05) is 19.0 Å². The molecule has 0 saturated carbocycles. The summed E-state index contributed by atoms with van der Waals surface area (Å²) >= 11 is 3.56. The van der Waals surface area contributed by atoms with Gasteiger partial charge in [0.2, 0.25) is 0 Å². The molecule has 2 nitrogen and oxygen atoms in total. The number of benzene rings is 1. The summed E-state index contributed by atoms with van der Waals surface area (Å²) in [5, 5.41) is 1.19. The number of hydrogen-bond acceptors (Lipinski definition) is 2. The fourth-order valence-electron chi connectivity index (χ4n) is 1.80. The van der Waals surface area contributed by atoms with Crippen LogP contribution in [0.15, 0.2) is 28.7 Å². The van der Waals surface area contributed by atoms with Crippen molar-refractivity contribution < 1.29 is 0 Å². The summed E-state index contributed by atoms with van der Waals surface area (Å²) in [5.74, 6) is 0. The highest BCUT2D eigenvalue weighted by molar-refractivity contribution is 9.10. The normalized spacial score (nSPS) is 10.8.